The van der Waals surface area contributed by atoms with Crippen LogP contribution in [-0.2, 0) is 14.3 Å². The molecular formula is C20H27NO3. The van der Waals surface area contributed by atoms with Gasteiger partial charge in [0, 0.05) is 6.42 Å². The van der Waals surface area contributed by atoms with Gasteiger partial charge in [0.15, 0.2) is 0 Å². The standard InChI is InChI=1S/C20H27NO3/c1-5-7-13-18(22)21-17(16-11-9-8-10-12-16)15-24-19(23)20(3,4)14-6-2/h5-6,8-12,17H,1-2,7,13-15H2,3-4H3,(H,21,22)/t17-/m1/s1. The number of carbonyl (C=O) groups is 2. The van der Waals surface area contributed by atoms with Gasteiger partial charge in [0.05, 0.1) is 11.5 Å². The predicted molar refractivity (Wildman–Crippen MR) is 96.3 cm³/mol. The molecule has 0 aliphatic carbocycles. The molecule has 0 bridgehead atoms. The van der Waals surface area contributed by atoms with Crippen molar-refractivity contribution in [2.75, 3.05) is 6.61 Å². The van der Waals surface area contributed by atoms with Gasteiger partial charge in [-0.05, 0) is 32.3 Å². The number of hydrogen-bond donors (Lipinski definition) is 1. The Morgan fingerprint density at radius 1 is 1.21 bits per heavy atom. The van der Waals surface area contributed by atoms with Gasteiger partial charge in [-0.2, -0.15) is 0 Å². The normalized spacial score (nSPS) is 12.1. The molecule has 130 valence electrons. The van der Waals surface area contributed by atoms with E-state index in [4.69, 9.17) is 4.74 Å². The highest BCUT2D eigenvalue weighted by Crippen LogP contribution is 2.24. The molecule has 0 spiro atoms. The Hall–Kier alpha value is -2.36. The molecule has 0 unspecified atom stereocenters. The van der Waals surface area contributed by atoms with E-state index in [0.29, 0.717) is 19.3 Å². The van der Waals surface area contributed by atoms with Crippen molar-refractivity contribution in [1.29, 1.82) is 0 Å². The van der Waals surface area contributed by atoms with Gasteiger partial charge in [0.25, 0.3) is 0 Å². The first-order valence-corrected chi connectivity index (χ1v) is 8.14. The lowest BCUT2D eigenvalue weighted by atomic mass is 9.90. The van der Waals surface area contributed by atoms with Crippen molar-refractivity contribution in [2.24, 2.45) is 5.41 Å². The molecule has 24 heavy (non-hydrogen) atoms. The minimum Gasteiger partial charge on any atom is -0.463 e. The van der Waals surface area contributed by atoms with Crippen molar-refractivity contribution in [3.8, 4) is 0 Å². The molecular weight excluding hydrogens is 302 g/mol. The van der Waals surface area contributed by atoms with Crippen LogP contribution in [0.4, 0.5) is 0 Å². The third-order valence-electron chi connectivity index (χ3n) is 3.70. The fourth-order valence-electron chi connectivity index (χ4n) is 2.20. The Bertz CT molecular complexity index is 564. The molecule has 1 aromatic rings. The van der Waals surface area contributed by atoms with Crippen LogP contribution in [0.1, 0.15) is 44.7 Å². The van der Waals surface area contributed by atoms with Gasteiger partial charge in [-0.1, -0.05) is 42.5 Å². The molecule has 0 radical (unpaired) electrons. The van der Waals surface area contributed by atoms with E-state index in [0.717, 1.165) is 5.56 Å². The average Bonchev–Trinajstić information content (AvgIpc) is 2.57. The molecule has 0 aromatic heterocycles. The molecule has 0 aliphatic rings. The number of benzene rings is 1. The number of rotatable bonds is 10. The number of ether oxygens (including phenoxy) is 1. The summed E-state index contributed by atoms with van der Waals surface area (Å²) in [4.78, 5) is 24.3. The zero-order valence-corrected chi connectivity index (χ0v) is 14.6. The zero-order valence-electron chi connectivity index (χ0n) is 14.6. The van der Waals surface area contributed by atoms with E-state index in [9.17, 15) is 9.59 Å². The summed E-state index contributed by atoms with van der Waals surface area (Å²) < 4.78 is 5.46. The molecule has 1 rings (SSSR count). The minimum absolute atomic E-state index is 0.0925. The summed E-state index contributed by atoms with van der Waals surface area (Å²) in [6, 6.07) is 9.12. The van der Waals surface area contributed by atoms with E-state index < -0.39 is 5.41 Å². The molecule has 0 heterocycles. The molecule has 1 N–H and O–H groups in total. The van der Waals surface area contributed by atoms with Crippen molar-refractivity contribution in [2.45, 2.75) is 39.2 Å². The summed E-state index contributed by atoms with van der Waals surface area (Å²) in [6.07, 6.45) is 4.91. The summed E-state index contributed by atoms with van der Waals surface area (Å²) in [5.41, 5.74) is 0.273. The van der Waals surface area contributed by atoms with Crippen molar-refractivity contribution in [3.05, 3.63) is 61.2 Å². The van der Waals surface area contributed by atoms with Gasteiger partial charge in [-0.15, -0.1) is 13.2 Å². The van der Waals surface area contributed by atoms with Gasteiger partial charge in [0.2, 0.25) is 5.91 Å². The minimum atomic E-state index is -0.629. The van der Waals surface area contributed by atoms with Gasteiger partial charge in [0.1, 0.15) is 6.61 Å². The Kier molecular flexibility index (Phi) is 7.96. The van der Waals surface area contributed by atoms with Crippen LogP contribution in [0.15, 0.2) is 55.6 Å². The van der Waals surface area contributed by atoms with Crippen LogP contribution in [0.3, 0.4) is 0 Å². The summed E-state index contributed by atoms with van der Waals surface area (Å²) in [5.74, 6) is -0.395. The summed E-state index contributed by atoms with van der Waals surface area (Å²) in [7, 11) is 0. The van der Waals surface area contributed by atoms with Gasteiger partial charge in [-0.3, -0.25) is 9.59 Å². The summed E-state index contributed by atoms with van der Waals surface area (Å²) in [5, 5.41) is 2.92. The van der Waals surface area contributed by atoms with Crippen LogP contribution >= 0.6 is 0 Å². The number of hydrogen-bond acceptors (Lipinski definition) is 3. The highest BCUT2D eigenvalue weighted by atomic mass is 16.5. The van der Waals surface area contributed by atoms with E-state index in [2.05, 4.69) is 18.5 Å². The quantitative estimate of drug-likeness (QED) is 0.522. The van der Waals surface area contributed by atoms with Crippen LogP contribution in [0, 0.1) is 5.41 Å². The summed E-state index contributed by atoms with van der Waals surface area (Å²) >= 11 is 0. The first-order chi connectivity index (χ1) is 11.4. The van der Waals surface area contributed by atoms with Crippen LogP contribution in [0.2, 0.25) is 0 Å². The monoisotopic (exact) mass is 329 g/mol. The second-order valence-electron chi connectivity index (χ2n) is 6.33. The van der Waals surface area contributed by atoms with E-state index in [1.165, 1.54) is 0 Å². The second kappa shape index (κ2) is 9.71. The molecule has 0 saturated heterocycles. The maximum atomic E-state index is 12.3. The lowest BCUT2D eigenvalue weighted by Gasteiger charge is -2.24. The van der Waals surface area contributed by atoms with Crippen molar-refractivity contribution < 1.29 is 14.3 Å². The molecule has 4 nitrogen and oxygen atoms in total. The van der Waals surface area contributed by atoms with Crippen molar-refractivity contribution in [3.63, 3.8) is 0 Å². The Labute approximate surface area is 144 Å². The Balaban J connectivity index is 2.75. The van der Waals surface area contributed by atoms with E-state index >= 15 is 0 Å². The largest absolute Gasteiger partial charge is 0.463 e. The maximum absolute atomic E-state index is 12.3. The highest BCUT2D eigenvalue weighted by Gasteiger charge is 2.29. The molecule has 0 aliphatic heterocycles. The SMILES string of the molecule is C=CCCC(=O)N[C@H](COC(=O)C(C)(C)CC=C)c1ccccc1. The Morgan fingerprint density at radius 2 is 1.88 bits per heavy atom. The first-order valence-electron chi connectivity index (χ1n) is 8.14. The fraction of sp³-hybridized carbons (Fsp3) is 0.400. The predicted octanol–water partition coefficient (Wildman–Crippen LogP) is 3.96. The van der Waals surface area contributed by atoms with Crippen molar-refractivity contribution >= 4 is 11.9 Å². The maximum Gasteiger partial charge on any atom is 0.311 e. The molecule has 1 aromatic carbocycles. The average molecular weight is 329 g/mol. The smallest absolute Gasteiger partial charge is 0.311 e. The molecule has 4 heteroatoms. The lowest BCUT2D eigenvalue weighted by Crippen LogP contribution is -2.34. The van der Waals surface area contributed by atoms with Gasteiger partial charge < -0.3 is 10.1 Å². The number of esters is 1. The highest BCUT2D eigenvalue weighted by molar-refractivity contribution is 5.77. The zero-order chi connectivity index (χ0) is 18.0. The summed E-state index contributed by atoms with van der Waals surface area (Å²) in [6.45, 7) is 11.0. The number of carbonyl (C=O) groups excluding carboxylic acids is 2. The first kappa shape index (κ1) is 19.7. The van der Waals surface area contributed by atoms with Gasteiger partial charge in [-0.25, -0.2) is 0 Å². The number of allylic oxidation sites excluding steroid dienone is 2. The lowest BCUT2D eigenvalue weighted by molar-refractivity contribution is -0.155. The van der Waals surface area contributed by atoms with Crippen LogP contribution in [0.25, 0.3) is 0 Å². The third kappa shape index (κ3) is 6.41. The van der Waals surface area contributed by atoms with Crippen LogP contribution < -0.4 is 5.32 Å². The topological polar surface area (TPSA) is 55.4 Å². The molecule has 1 atom stereocenters. The van der Waals surface area contributed by atoms with Crippen molar-refractivity contribution in [1.82, 2.24) is 5.32 Å². The van der Waals surface area contributed by atoms with E-state index in [1.807, 2.05) is 44.2 Å². The Morgan fingerprint density at radius 3 is 2.46 bits per heavy atom. The number of nitrogens with one attached hydrogen (secondary N) is 1. The number of amides is 1. The second-order valence-corrected chi connectivity index (χ2v) is 6.33. The fourth-order valence-corrected chi connectivity index (χ4v) is 2.20. The van der Waals surface area contributed by atoms with Crippen LogP contribution in [0.5, 0.6) is 0 Å². The van der Waals surface area contributed by atoms with Gasteiger partial charge >= 0.3 is 5.97 Å². The molecule has 1 amide bonds. The molecule has 0 fully saturated rings. The molecule has 0 saturated carbocycles. The third-order valence-corrected chi connectivity index (χ3v) is 3.70. The van der Waals surface area contributed by atoms with E-state index in [1.54, 1.807) is 12.2 Å². The van der Waals surface area contributed by atoms with E-state index in [-0.39, 0.29) is 24.5 Å². The van der Waals surface area contributed by atoms with Crippen LogP contribution in [-0.4, -0.2) is 18.5 Å².